The standard InChI is InChI=1S/C12H14FN3S/c13-9-1-2-10-11(7-9)17-12(15-10)8-16-5-3-14-4-6-16/h1-2,7,14H,3-6,8H2. The number of halogens is 1. The van der Waals surface area contributed by atoms with Gasteiger partial charge in [0.25, 0.3) is 0 Å². The molecule has 90 valence electrons. The van der Waals surface area contributed by atoms with Gasteiger partial charge in [0.05, 0.1) is 16.8 Å². The van der Waals surface area contributed by atoms with Crippen molar-refractivity contribution < 1.29 is 4.39 Å². The Balaban J connectivity index is 1.80. The molecule has 1 aromatic heterocycles. The van der Waals surface area contributed by atoms with Crippen molar-refractivity contribution in [3.05, 3.63) is 29.0 Å². The maximum absolute atomic E-state index is 13.1. The maximum Gasteiger partial charge on any atom is 0.124 e. The molecule has 2 aromatic rings. The zero-order valence-electron chi connectivity index (χ0n) is 9.45. The van der Waals surface area contributed by atoms with Gasteiger partial charge in [-0.25, -0.2) is 9.37 Å². The SMILES string of the molecule is Fc1ccc2nc(CN3CCNCC3)sc2c1. The van der Waals surface area contributed by atoms with Gasteiger partial charge in [-0.15, -0.1) is 11.3 Å². The number of nitrogens with one attached hydrogen (secondary N) is 1. The van der Waals surface area contributed by atoms with Crippen molar-refractivity contribution in [2.24, 2.45) is 0 Å². The fourth-order valence-electron chi connectivity index (χ4n) is 2.07. The van der Waals surface area contributed by atoms with Crippen molar-refractivity contribution in [2.45, 2.75) is 6.54 Å². The zero-order chi connectivity index (χ0) is 11.7. The molecule has 1 aliphatic heterocycles. The molecular formula is C12H14FN3S. The highest BCUT2D eigenvalue weighted by molar-refractivity contribution is 7.18. The molecule has 1 aliphatic rings. The highest BCUT2D eigenvalue weighted by Crippen LogP contribution is 2.23. The van der Waals surface area contributed by atoms with Crippen molar-refractivity contribution in [1.29, 1.82) is 0 Å². The first-order valence-corrected chi connectivity index (χ1v) is 6.61. The molecule has 1 fully saturated rings. The number of hydrogen-bond donors (Lipinski definition) is 1. The second-order valence-electron chi connectivity index (χ2n) is 4.25. The Kier molecular flexibility index (Phi) is 3.05. The van der Waals surface area contributed by atoms with E-state index in [4.69, 9.17) is 0 Å². The Morgan fingerprint density at radius 3 is 3.00 bits per heavy atom. The lowest BCUT2D eigenvalue weighted by Gasteiger charge is -2.25. The Bertz CT molecular complexity index is 519. The van der Waals surface area contributed by atoms with Crippen LogP contribution >= 0.6 is 11.3 Å². The van der Waals surface area contributed by atoms with E-state index >= 15 is 0 Å². The van der Waals surface area contributed by atoms with Gasteiger partial charge in [0.1, 0.15) is 10.8 Å². The van der Waals surface area contributed by atoms with Crippen molar-refractivity contribution in [2.75, 3.05) is 26.2 Å². The number of nitrogens with zero attached hydrogens (tertiary/aromatic N) is 2. The largest absolute Gasteiger partial charge is 0.314 e. The number of piperazine rings is 1. The molecule has 0 bridgehead atoms. The first kappa shape index (κ1) is 11.1. The highest BCUT2D eigenvalue weighted by atomic mass is 32.1. The van der Waals surface area contributed by atoms with Crippen molar-refractivity contribution in [1.82, 2.24) is 15.2 Å². The number of benzene rings is 1. The Morgan fingerprint density at radius 1 is 1.35 bits per heavy atom. The molecule has 0 atom stereocenters. The number of thiazole rings is 1. The van der Waals surface area contributed by atoms with Crippen LogP contribution in [0.3, 0.4) is 0 Å². The summed E-state index contributed by atoms with van der Waals surface area (Å²) in [7, 11) is 0. The number of rotatable bonds is 2. The third kappa shape index (κ3) is 2.46. The Hall–Kier alpha value is -1.04. The average Bonchev–Trinajstić information content (AvgIpc) is 2.71. The minimum absolute atomic E-state index is 0.185. The maximum atomic E-state index is 13.1. The lowest BCUT2D eigenvalue weighted by Crippen LogP contribution is -2.42. The van der Waals surface area contributed by atoms with Crippen LogP contribution in [0.25, 0.3) is 10.2 Å². The molecule has 3 nitrogen and oxygen atoms in total. The van der Waals surface area contributed by atoms with Crippen LogP contribution in [0.4, 0.5) is 4.39 Å². The van der Waals surface area contributed by atoms with Gasteiger partial charge < -0.3 is 5.32 Å². The fraction of sp³-hybridized carbons (Fsp3) is 0.417. The van der Waals surface area contributed by atoms with Gasteiger partial charge >= 0.3 is 0 Å². The molecule has 3 rings (SSSR count). The summed E-state index contributed by atoms with van der Waals surface area (Å²) < 4.78 is 14.0. The van der Waals surface area contributed by atoms with Crippen LogP contribution in [-0.2, 0) is 6.54 Å². The summed E-state index contributed by atoms with van der Waals surface area (Å²) in [4.78, 5) is 6.92. The summed E-state index contributed by atoms with van der Waals surface area (Å²) in [5, 5.41) is 4.40. The van der Waals surface area contributed by atoms with Gasteiger partial charge in [-0.3, -0.25) is 4.90 Å². The van der Waals surface area contributed by atoms with Crippen LogP contribution in [0, 0.1) is 5.82 Å². The van der Waals surface area contributed by atoms with Crippen LogP contribution in [0.5, 0.6) is 0 Å². The topological polar surface area (TPSA) is 28.2 Å². The van der Waals surface area contributed by atoms with E-state index in [9.17, 15) is 4.39 Å². The third-order valence-electron chi connectivity index (χ3n) is 2.96. The smallest absolute Gasteiger partial charge is 0.124 e. The van der Waals surface area contributed by atoms with Crippen molar-refractivity contribution >= 4 is 21.6 Å². The summed E-state index contributed by atoms with van der Waals surface area (Å²) in [5.74, 6) is -0.185. The molecule has 0 radical (unpaired) electrons. The molecular weight excluding hydrogens is 237 g/mol. The van der Waals surface area contributed by atoms with Crippen molar-refractivity contribution in [3.8, 4) is 0 Å². The van der Waals surface area contributed by atoms with Crippen molar-refractivity contribution in [3.63, 3.8) is 0 Å². The predicted octanol–water partition coefficient (Wildman–Crippen LogP) is 1.84. The molecule has 0 unspecified atom stereocenters. The number of aromatic nitrogens is 1. The van der Waals surface area contributed by atoms with Crippen LogP contribution in [-0.4, -0.2) is 36.1 Å². The monoisotopic (exact) mass is 251 g/mol. The van der Waals surface area contributed by atoms with E-state index in [1.165, 1.54) is 6.07 Å². The predicted molar refractivity (Wildman–Crippen MR) is 67.7 cm³/mol. The van der Waals surface area contributed by atoms with Crippen LogP contribution in [0.2, 0.25) is 0 Å². The lowest BCUT2D eigenvalue weighted by molar-refractivity contribution is 0.233. The molecule has 1 saturated heterocycles. The number of fused-ring (bicyclic) bond motifs is 1. The van der Waals surface area contributed by atoms with E-state index in [0.717, 1.165) is 47.9 Å². The second-order valence-corrected chi connectivity index (χ2v) is 5.36. The summed E-state index contributed by atoms with van der Waals surface area (Å²) in [6.07, 6.45) is 0. The quantitative estimate of drug-likeness (QED) is 0.882. The second kappa shape index (κ2) is 4.68. The van der Waals surface area contributed by atoms with Gasteiger partial charge in [0.2, 0.25) is 0 Å². The molecule has 1 N–H and O–H groups in total. The van der Waals surface area contributed by atoms with E-state index in [2.05, 4.69) is 15.2 Å². The molecule has 0 amide bonds. The van der Waals surface area contributed by atoms with E-state index in [1.54, 1.807) is 23.5 Å². The minimum atomic E-state index is -0.185. The summed E-state index contributed by atoms with van der Waals surface area (Å²) in [6.45, 7) is 5.08. The molecule has 0 saturated carbocycles. The minimum Gasteiger partial charge on any atom is -0.314 e. The molecule has 0 aliphatic carbocycles. The fourth-order valence-corrected chi connectivity index (χ4v) is 3.11. The van der Waals surface area contributed by atoms with E-state index in [0.29, 0.717) is 0 Å². The summed E-state index contributed by atoms with van der Waals surface area (Å²) in [6, 6.07) is 4.79. The zero-order valence-corrected chi connectivity index (χ0v) is 10.3. The molecule has 2 heterocycles. The van der Waals surface area contributed by atoms with Crippen LogP contribution in [0.1, 0.15) is 5.01 Å². The highest BCUT2D eigenvalue weighted by Gasteiger charge is 2.12. The molecule has 5 heteroatoms. The first-order valence-electron chi connectivity index (χ1n) is 5.79. The number of hydrogen-bond acceptors (Lipinski definition) is 4. The molecule has 0 spiro atoms. The summed E-state index contributed by atoms with van der Waals surface area (Å²) >= 11 is 1.59. The molecule has 17 heavy (non-hydrogen) atoms. The normalized spacial score (nSPS) is 17.7. The van der Waals surface area contributed by atoms with Gasteiger partial charge in [-0.2, -0.15) is 0 Å². The van der Waals surface area contributed by atoms with Crippen LogP contribution < -0.4 is 5.32 Å². The van der Waals surface area contributed by atoms with E-state index in [-0.39, 0.29) is 5.82 Å². The van der Waals surface area contributed by atoms with Gasteiger partial charge in [0, 0.05) is 26.2 Å². The molecule has 1 aromatic carbocycles. The Morgan fingerprint density at radius 2 is 2.18 bits per heavy atom. The van der Waals surface area contributed by atoms with Crippen LogP contribution in [0.15, 0.2) is 18.2 Å². The van der Waals surface area contributed by atoms with Gasteiger partial charge in [-0.05, 0) is 18.2 Å². The van der Waals surface area contributed by atoms with Gasteiger partial charge in [-0.1, -0.05) is 0 Å². The van der Waals surface area contributed by atoms with Gasteiger partial charge in [0.15, 0.2) is 0 Å². The van der Waals surface area contributed by atoms with E-state index < -0.39 is 0 Å². The summed E-state index contributed by atoms with van der Waals surface area (Å²) in [5.41, 5.74) is 0.904. The lowest BCUT2D eigenvalue weighted by atomic mass is 10.3. The first-order chi connectivity index (χ1) is 8.31. The average molecular weight is 251 g/mol. The van der Waals surface area contributed by atoms with E-state index in [1.807, 2.05) is 0 Å². The Labute approximate surface area is 103 Å². The third-order valence-corrected chi connectivity index (χ3v) is 3.97.